The van der Waals surface area contributed by atoms with E-state index in [4.69, 9.17) is 23.2 Å². The Morgan fingerprint density at radius 3 is 2.31 bits per heavy atom. The molecule has 0 saturated carbocycles. The van der Waals surface area contributed by atoms with Gasteiger partial charge in [-0.3, -0.25) is 4.79 Å². The van der Waals surface area contributed by atoms with Crippen molar-refractivity contribution in [1.29, 1.82) is 0 Å². The topological polar surface area (TPSA) is 17.1 Å². The predicted octanol–water partition coefficient (Wildman–Crippen LogP) is 3.50. The lowest BCUT2D eigenvalue weighted by atomic mass is 10.4. The first-order valence-electron chi connectivity index (χ1n) is 3.65. The van der Waals surface area contributed by atoms with Crippen molar-refractivity contribution in [2.24, 2.45) is 0 Å². The van der Waals surface area contributed by atoms with Crippen LogP contribution in [0.1, 0.15) is 6.92 Å². The van der Waals surface area contributed by atoms with Gasteiger partial charge in [0, 0.05) is 4.90 Å². The molecule has 0 aromatic heterocycles. The summed E-state index contributed by atoms with van der Waals surface area (Å²) in [7, 11) is 0. The molecule has 70 valence electrons. The lowest BCUT2D eigenvalue weighted by molar-refractivity contribution is -0.116. The predicted molar refractivity (Wildman–Crippen MR) is 57.4 cm³/mol. The molecule has 0 aliphatic heterocycles. The molecule has 4 heteroatoms. The highest BCUT2D eigenvalue weighted by atomic mass is 35.5. The Kier molecular flexibility index (Phi) is 3.65. The Morgan fingerprint density at radius 1 is 1.31 bits per heavy atom. The number of Topliss-reactive ketones (excluding diaryl/α,β-unsaturated/α-hetero) is 1. The van der Waals surface area contributed by atoms with Gasteiger partial charge < -0.3 is 0 Å². The van der Waals surface area contributed by atoms with Crippen LogP contribution in [0.25, 0.3) is 0 Å². The van der Waals surface area contributed by atoms with Crippen LogP contribution in [0.15, 0.2) is 35.2 Å². The summed E-state index contributed by atoms with van der Waals surface area (Å²) in [5, 5.41) is 0. The maximum atomic E-state index is 11.0. The standard InChI is InChI=1S/C9H8Cl2OS/c1-7(12)9(10,11)13-8-5-3-2-4-6-8/h2-6H,1H3. The van der Waals surface area contributed by atoms with E-state index >= 15 is 0 Å². The summed E-state index contributed by atoms with van der Waals surface area (Å²) in [6, 6.07) is 9.33. The second-order valence-electron chi connectivity index (χ2n) is 2.49. The van der Waals surface area contributed by atoms with Crippen LogP contribution < -0.4 is 0 Å². The third kappa shape index (κ3) is 3.22. The molecule has 0 radical (unpaired) electrons. The zero-order chi connectivity index (χ0) is 9.90. The van der Waals surface area contributed by atoms with Gasteiger partial charge >= 0.3 is 0 Å². The Labute approximate surface area is 91.4 Å². The van der Waals surface area contributed by atoms with Gasteiger partial charge in [0.25, 0.3) is 0 Å². The molecule has 0 aliphatic rings. The molecule has 0 amide bonds. The molecule has 13 heavy (non-hydrogen) atoms. The summed E-state index contributed by atoms with van der Waals surface area (Å²) in [5.41, 5.74) is 0. The number of thioether (sulfide) groups is 1. The lowest BCUT2D eigenvalue weighted by Crippen LogP contribution is -2.17. The van der Waals surface area contributed by atoms with E-state index in [0.717, 1.165) is 16.7 Å². The number of rotatable bonds is 3. The Bertz CT molecular complexity index is 298. The normalized spacial score (nSPS) is 11.3. The number of hydrogen-bond donors (Lipinski definition) is 0. The van der Waals surface area contributed by atoms with Crippen LogP contribution in [0.4, 0.5) is 0 Å². The van der Waals surface area contributed by atoms with Crippen molar-refractivity contribution in [3.8, 4) is 0 Å². The van der Waals surface area contributed by atoms with E-state index in [9.17, 15) is 4.79 Å². The molecule has 0 aliphatic carbocycles. The van der Waals surface area contributed by atoms with Gasteiger partial charge in [0.05, 0.1) is 0 Å². The van der Waals surface area contributed by atoms with Crippen molar-refractivity contribution in [3.05, 3.63) is 30.3 Å². The van der Waals surface area contributed by atoms with Crippen molar-refractivity contribution in [1.82, 2.24) is 0 Å². The molecule has 1 aromatic rings. The molecule has 0 bridgehead atoms. The van der Waals surface area contributed by atoms with Crippen molar-refractivity contribution >= 4 is 40.7 Å². The van der Waals surface area contributed by atoms with Crippen LogP contribution in [-0.2, 0) is 4.79 Å². The van der Waals surface area contributed by atoms with E-state index in [1.54, 1.807) is 0 Å². The van der Waals surface area contributed by atoms with Crippen molar-refractivity contribution in [2.75, 3.05) is 0 Å². The van der Waals surface area contributed by atoms with E-state index in [2.05, 4.69) is 0 Å². The third-order valence-corrected chi connectivity index (χ3v) is 3.45. The van der Waals surface area contributed by atoms with Gasteiger partial charge in [-0.05, 0) is 19.1 Å². The number of ketones is 1. The first-order valence-corrected chi connectivity index (χ1v) is 5.22. The molecule has 0 N–H and O–H groups in total. The third-order valence-electron chi connectivity index (χ3n) is 1.40. The second-order valence-corrected chi connectivity index (χ2v) is 5.55. The number of carbonyl (C=O) groups excluding carboxylic acids is 1. The molecule has 0 spiro atoms. The van der Waals surface area contributed by atoms with E-state index in [-0.39, 0.29) is 5.78 Å². The Hall–Kier alpha value is -0.180. The number of alkyl halides is 2. The summed E-state index contributed by atoms with van der Waals surface area (Å²) in [4.78, 5) is 11.9. The highest BCUT2D eigenvalue weighted by molar-refractivity contribution is 8.04. The molecule has 1 aromatic carbocycles. The highest BCUT2D eigenvalue weighted by Gasteiger charge is 2.31. The van der Waals surface area contributed by atoms with Gasteiger partial charge in [0.2, 0.25) is 3.67 Å². The highest BCUT2D eigenvalue weighted by Crippen LogP contribution is 2.40. The number of hydrogen-bond acceptors (Lipinski definition) is 2. The van der Waals surface area contributed by atoms with Crippen LogP contribution in [0.3, 0.4) is 0 Å². The van der Waals surface area contributed by atoms with Gasteiger partial charge in [0.15, 0.2) is 5.78 Å². The van der Waals surface area contributed by atoms with Gasteiger partial charge in [-0.1, -0.05) is 53.2 Å². The molecule has 0 atom stereocenters. The Balaban J connectivity index is 2.75. The average Bonchev–Trinajstić information content (AvgIpc) is 2.05. The largest absolute Gasteiger partial charge is 0.296 e. The van der Waals surface area contributed by atoms with E-state index in [1.807, 2.05) is 30.3 Å². The van der Waals surface area contributed by atoms with Crippen LogP contribution in [-0.4, -0.2) is 9.45 Å². The monoisotopic (exact) mass is 234 g/mol. The minimum absolute atomic E-state index is 0.260. The second kappa shape index (κ2) is 4.36. The fourth-order valence-electron chi connectivity index (χ4n) is 0.708. The van der Waals surface area contributed by atoms with Gasteiger partial charge in [-0.2, -0.15) is 0 Å². The molecule has 0 unspecified atom stereocenters. The zero-order valence-corrected chi connectivity index (χ0v) is 9.29. The smallest absolute Gasteiger partial charge is 0.225 e. The molecule has 1 nitrogen and oxygen atoms in total. The van der Waals surface area contributed by atoms with Gasteiger partial charge in [-0.15, -0.1) is 0 Å². The molecular weight excluding hydrogens is 227 g/mol. The number of carbonyl (C=O) groups is 1. The van der Waals surface area contributed by atoms with Crippen LogP contribution in [0.2, 0.25) is 0 Å². The maximum absolute atomic E-state index is 11.0. The summed E-state index contributed by atoms with van der Waals surface area (Å²) in [6.07, 6.45) is 0. The van der Waals surface area contributed by atoms with Crippen molar-refractivity contribution in [3.63, 3.8) is 0 Å². The molecule has 0 fully saturated rings. The molecule has 0 saturated heterocycles. The van der Waals surface area contributed by atoms with Gasteiger partial charge in [-0.25, -0.2) is 0 Å². The minimum Gasteiger partial charge on any atom is -0.296 e. The number of halogens is 2. The fraction of sp³-hybridized carbons (Fsp3) is 0.222. The summed E-state index contributed by atoms with van der Waals surface area (Å²) in [6.45, 7) is 1.37. The van der Waals surface area contributed by atoms with E-state index < -0.39 is 3.67 Å². The maximum Gasteiger partial charge on any atom is 0.225 e. The summed E-state index contributed by atoms with van der Waals surface area (Å²) in [5.74, 6) is -0.260. The van der Waals surface area contributed by atoms with E-state index in [0.29, 0.717) is 0 Å². The number of benzene rings is 1. The van der Waals surface area contributed by atoms with Crippen molar-refractivity contribution in [2.45, 2.75) is 15.5 Å². The Morgan fingerprint density at radius 2 is 1.85 bits per heavy atom. The molecule has 1 rings (SSSR count). The summed E-state index contributed by atoms with van der Waals surface area (Å²) < 4.78 is -1.37. The van der Waals surface area contributed by atoms with Crippen LogP contribution in [0, 0.1) is 0 Å². The first kappa shape index (κ1) is 10.9. The zero-order valence-electron chi connectivity index (χ0n) is 6.96. The van der Waals surface area contributed by atoms with Gasteiger partial charge in [0.1, 0.15) is 0 Å². The van der Waals surface area contributed by atoms with Crippen molar-refractivity contribution < 1.29 is 4.79 Å². The summed E-state index contributed by atoms with van der Waals surface area (Å²) >= 11 is 12.7. The van der Waals surface area contributed by atoms with Crippen LogP contribution >= 0.6 is 35.0 Å². The average molecular weight is 235 g/mol. The molecular formula is C9H8Cl2OS. The first-order chi connectivity index (χ1) is 6.02. The lowest BCUT2D eigenvalue weighted by Gasteiger charge is -2.14. The SMILES string of the molecule is CC(=O)C(Cl)(Cl)Sc1ccccc1. The molecule has 0 heterocycles. The van der Waals surface area contributed by atoms with Crippen LogP contribution in [0.5, 0.6) is 0 Å². The quantitative estimate of drug-likeness (QED) is 0.589. The fourth-order valence-corrected chi connectivity index (χ4v) is 1.98. The van der Waals surface area contributed by atoms with E-state index in [1.165, 1.54) is 6.92 Å². The minimum atomic E-state index is -1.37.